The predicted molar refractivity (Wildman–Crippen MR) is 56.0 cm³/mol. The van der Waals surface area contributed by atoms with Crippen LogP contribution in [0.1, 0.15) is 34.1 Å². The summed E-state index contributed by atoms with van der Waals surface area (Å²) in [6.07, 6.45) is 0.417. The molecule has 0 aromatic carbocycles. The fraction of sp³-hybridized carbons (Fsp3) is 1.00. The minimum atomic E-state index is -2.64. The van der Waals surface area contributed by atoms with E-state index >= 15 is 0 Å². The van der Waals surface area contributed by atoms with Gasteiger partial charge in [0, 0.05) is 18.6 Å². The van der Waals surface area contributed by atoms with Crippen molar-refractivity contribution in [3.05, 3.63) is 0 Å². The second-order valence-electron chi connectivity index (χ2n) is 4.86. The summed E-state index contributed by atoms with van der Waals surface area (Å²) in [5.74, 6) is 0.485. The van der Waals surface area contributed by atoms with Crippen molar-refractivity contribution in [2.24, 2.45) is 5.92 Å². The summed E-state index contributed by atoms with van der Waals surface area (Å²) >= 11 is 0. The summed E-state index contributed by atoms with van der Waals surface area (Å²) in [6.45, 7) is 6.44. The van der Waals surface area contributed by atoms with E-state index in [1.165, 1.54) is 0 Å². The first kappa shape index (κ1) is 12.8. The zero-order chi connectivity index (χ0) is 11.6. The van der Waals surface area contributed by atoms with Gasteiger partial charge in [0.1, 0.15) is 0 Å². The van der Waals surface area contributed by atoms with Gasteiger partial charge in [-0.2, -0.15) is 8.78 Å². The lowest BCUT2D eigenvalue weighted by molar-refractivity contribution is -0.159. The summed E-state index contributed by atoms with van der Waals surface area (Å²) in [7, 11) is 0. The van der Waals surface area contributed by atoms with Crippen molar-refractivity contribution >= 4 is 0 Å². The molecule has 1 fully saturated rings. The van der Waals surface area contributed by atoms with Gasteiger partial charge in [0.25, 0.3) is 0 Å². The van der Waals surface area contributed by atoms with Gasteiger partial charge in [-0.05, 0) is 26.2 Å². The molecule has 0 aromatic heterocycles. The highest BCUT2D eigenvalue weighted by atomic mass is 19.3. The quantitative estimate of drug-likeness (QED) is 0.723. The molecule has 1 aliphatic rings. The maximum absolute atomic E-state index is 12.1. The van der Waals surface area contributed by atoms with Gasteiger partial charge in [-0.1, -0.05) is 13.8 Å². The molecule has 0 bridgehead atoms. The summed E-state index contributed by atoms with van der Waals surface area (Å²) in [5.41, 5.74) is 0. The number of halogens is 2. The van der Waals surface area contributed by atoms with Crippen LogP contribution in [0, 0.1) is 5.92 Å². The Morgan fingerprint density at radius 3 is 2.13 bits per heavy atom. The van der Waals surface area contributed by atoms with Gasteiger partial charge in [0.2, 0.25) is 0 Å². The van der Waals surface area contributed by atoms with Crippen molar-refractivity contribution in [2.45, 2.75) is 58.9 Å². The molecule has 1 aliphatic heterocycles. The zero-order valence-electron chi connectivity index (χ0n) is 9.91. The molecular formula is C11H21F2NO. The summed E-state index contributed by atoms with van der Waals surface area (Å²) in [6, 6.07) is 0.762. The topological polar surface area (TPSA) is 12.5 Å². The van der Waals surface area contributed by atoms with Crippen molar-refractivity contribution in [2.75, 3.05) is 6.54 Å². The monoisotopic (exact) mass is 221 g/mol. The van der Waals surface area contributed by atoms with Crippen LogP contribution in [-0.2, 0) is 4.74 Å². The molecule has 4 heteroatoms. The molecule has 2 nitrogen and oxygen atoms in total. The van der Waals surface area contributed by atoms with Gasteiger partial charge in [0.15, 0.2) is 0 Å². The van der Waals surface area contributed by atoms with Crippen LogP contribution in [0.3, 0.4) is 0 Å². The molecule has 1 rings (SSSR count). The first-order valence-electron chi connectivity index (χ1n) is 5.61. The Morgan fingerprint density at radius 1 is 1.20 bits per heavy atom. The molecule has 0 spiro atoms. The van der Waals surface area contributed by atoms with E-state index in [2.05, 4.69) is 37.3 Å². The van der Waals surface area contributed by atoms with Crippen LogP contribution in [0.15, 0.2) is 0 Å². The number of alkyl halides is 2. The van der Waals surface area contributed by atoms with Gasteiger partial charge in [-0.25, -0.2) is 0 Å². The van der Waals surface area contributed by atoms with Crippen LogP contribution in [0.5, 0.6) is 0 Å². The van der Waals surface area contributed by atoms with Crippen LogP contribution in [0.2, 0.25) is 0 Å². The number of likely N-dealkylation sites (tertiary alicyclic amines) is 1. The normalized spacial score (nSPS) is 28.6. The van der Waals surface area contributed by atoms with Gasteiger partial charge in [0.05, 0.1) is 6.10 Å². The number of rotatable bonds is 4. The van der Waals surface area contributed by atoms with E-state index in [1.54, 1.807) is 0 Å². The van der Waals surface area contributed by atoms with E-state index in [4.69, 9.17) is 0 Å². The van der Waals surface area contributed by atoms with E-state index in [0.717, 1.165) is 6.42 Å². The molecule has 90 valence electrons. The average molecular weight is 221 g/mol. The molecule has 1 heterocycles. The van der Waals surface area contributed by atoms with Gasteiger partial charge < -0.3 is 4.74 Å². The Bertz CT molecular complexity index is 181. The standard InChI is InChI=1S/C11H21F2NO/c1-7(2)10-5-9(15-11(12)13)6-14(10)8(3)4/h7-11H,5-6H2,1-4H3/t9-,10-/m0/s1. The third kappa shape index (κ3) is 3.38. The average Bonchev–Trinajstić information content (AvgIpc) is 2.46. The Morgan fingerprint density at radius 2 is 1.80 bits per heavy atom. The van der Waals surface area contributed by atoms with Gasteiger partial charge in [-0.3, -0.25) is 4.90 Å². The molecule has 0 aliphatic carbocycles. The lowest BCUT2D eigenvalue weighted by Crippen LogP contribution is -2.38. The zero-order valence-corrected chi connectivity index (χ0v) is 9.91. The Kier molecular flexibility index (Phi) is 4.46. The third-order valence-electron chi connectivity index (χ3n) is 3.07. The van der Waals surface area contributed by atoms with E-state index in [9.17, 15) is 8.78 Å². The highest BCUT2D eigenvalue weighted by Crippen LogP contribution is 2.28. The Labute approximate surface area is 90.6 Å². The molecule has 15 heavy (non-hydrogen) atoms. The van der Waals surface area contributed by atoms with Crippen molar-refractivity contribution in [3.8, 4) is 0 Å². The van der Waals surface area contributed by atoms with Crippen LogP contribution in [-0.4, -0.2) is 36.2 Å². The number of ether oxygens (including phenoxy) is 1. The minimum absolute atomic E-state index is 0.306. The van der Waals surface area contributed by atoms with Crippen LogP contribution >= 0.6 is 0 Å². The molecule has 0 amide bonds. The largest absolute Gasteiger partial charge is 0.345 e. The minimum Gasteiger partial charge on any atom is -0.318 e. The highest BCUT2D eigenvalue weighted by molar-refractivity contribution is 4.89. The van der Waals surface area contributed by atoms with E-state index in [-0.39, 0.29) is 6.10 Å². The second-order valence-corrected chi connectivity index (χ2v) is 4.86. The van der Waals surface area contributed by atoms with Crippen molar-refractivity contribution in [1.82, 2.24) is 4.90 Å². The predicted octanol–water partition coefficient (Wildman–Crippen LogP) is 2.73. The van der Waals surface area contributed by atoms with Crippen LogP contribution < -0.4 is 0 Å². The molecule has 0 radical (unpaired) electrons. The number of nitrogens with zero attached hydrogens (tertiary/aromatic N) is 1. The van der Waals surface area contributed by atoms with Gasteiger partial charge >= 0.3 is 6.61 Å². The number of hydrogen-bond donors (Lipinski definition) is 0. The Balaban J connectivity index is 2.57. The van der Waals surface area contributed by atoms with Gasteiger partial charge in [-0.15, -0.1) is 0 Å². The van der Waals surface area contributed by atoms with Crippen LogP contribution in [0.25, 0.3) is 0 Å². The van der Waals surface area contributed by atoms with E-state index < -0.39 is 6.61 Å². The number of hydrogen-bond acceptors (Lipinski definition) is 2. The summed E-state index contributed by atoms with van der Waals surface area (Å²) in [4.78, 5) is 2.26. The fourth-order valence-electron chi connectivity index (χ4n) is 2.34. The molecule has 2 atom stereocenters. The highest BCUT2D eigenvalue weighted by Gasteiger charge is 2.36. The molecular weight excluding hydrogens is 200 g/mol. The maximum Gasteiger partial charge on any atom is 0.345 e. The fourth-order valence-corrected chi connectivity index (χ4v) is 2.34. The SMILES string of the molecule is CC(C)[C@@H]1C[C@H](OC(F)F)CN1C(C)C. The smallest absolute Gasteiger partial charge is 0.318 e. The summed E-state index contributed by atoms with van der Waals surface area (Å²) < 4.78 is 28.8. The molecule has 1 saturated heterocycles. The molecule has 0 saturated carbocycles. The van der Waals surface area contributed by atoms with Crippen molar-refractivity contribution in [3.63, 3.8) is 0 Å². The first-order valence-corrected chi connectivity index (χ1v) is 5.61. The molecule has 0 N–H and O–H groups in total. The third-order valence-corrected chi connectivity index (χ3v) is 3.07. The lowest BCUT2D eigenvalue weighted by Gasteiger charge is -2.30. The second kappa shape index (κ2) is 5.21. The summed E-state index contributed by atoms with van der Waals surface area (Å²) in [5, 5.41) is 0. The molecule has 0 aromatic rings. The van der Waals surface area contributed by atoms with Crippen molar-refractivity contribution in [1.29, 1.82) is 0 Å². The van der Waals surface area contributed by atoms with Crippen LogP contribution in [0.4, 0.5) is 8.78 Å². The lowest BCUT2D eigenvalue weighted by atomic mass is 10.0. The Hall–Kier alpha value is -0.220. The van der Waals surface area contributed by atoms with E-state index in [0.29, 0.717) is 24.5 Å². The first-order chi connectivity index (χ1) is 6.91. The molecule has 0 unspecified atom stereocenters. The maximum atomic E-state index is 12.1. The van der Waals surface area contributed by atoms with Crippen molar-refractivity contribution < 1.29 is 13.5 Å². The van der Waals surface area contributed by atoms with E-state index in [1.807, 2.05) is 0 Å².